The van der Waals surface area contributed by atoms with Crippen LogP contribution in [0.4, 0.5) is 0 Å². The Bertz CT molecular complexity index is 837. The SMILES string of the molecule is Cc1ccc(-c2csc(C=Cc3cc(C)c(O)c(C)c3)n2)cc1. The van der Waals surface area contributed by atoms with Crippen molar-refractivity contribution in [1.82, 2.24) is 4.98 Å². The zero-order valence-corrected chi connectivity index (χ0v) is 14.3. The Balaban J connectivity index is 1.82. The number of hydrogen-bond donors (Lipinski definition) is 1. The third-order valence-corrected chi connectivity index (χ3v) is 4.61. The summed E-state index contributed by atoms with van der Waals surface area (Å²) in [6, 6.07) is 12.4. The van der Waals surface area contributed by atoms with E-state index in [9.17, 15) is 5.11 Å². The second kappa shape index (κ2) is 6.39. The molecular weight excluding hydrogens is 302 g/mol. The molecule has 1 heterocycles. The molecule has 2 aromatic carbocycles. The largest absolute Gasteiger partial charge is 0.507 e. The van der Waals surface area contributed by atoms with Crippen LogP contribution >= 0.6 is 11.3 Å². The maximum atomic E-state index is 9.83. The maximum Gasteiger partial charge on any atom is 0.121 e. The van der Waals surface area contributed by atoms with Crippen LogP contribution in [0.2, 0.25) is 0 Å². The first-order valence-electron chi connectivity index (χ1n) is 7.54. The number of phenols is 1. The van der Waals surface area contributed by atoms with Gasteiger partial charge in [0.25, 0.3) is 0 Å². The van der Waals surface area contributed by atoms with Crippen molar-refractivity contribution in [2.75, 3.05) is 0 Å². The minimum absolute atomic E-state index is 0.373. The molecule has 1 N–H and O–H groups in total. The van der Waals surface area contributed by atoms with Gasteiger partial charge in [0.05, 0.1) is 5.69 Å². The number of phenolic OH excluding ortho intramolecular Hbond substituents is 1. The van der Waals surface area contributed by atoms with Gasteiger partial charge in [-0.05, 0) is 55.7 Å². The molecule has 0 aliphatic rings. The summed E-state index contributed by atoms with van der Waals surface area (Å²) in [7, 11) is 0. The number of nitrogens with zero attached hydrogens (tertiary/aromatic N) is 1. The number of aromatic hydroxyl groups is 1. The average Bonchev–Trinajstić information content (AvgIpc) is 3.00. The molecule has 0 fully saturated rings. The Labute approximate surface area is 140 Å². The molecular formula is C20H19NOS. The molecule has 3 rings (SSSR count). The van der Waals surface area contributed by atoms with E-state index < -0.39 is 0 Å². The highest BCUT2D eigenvalue weighted by Crippen LogP contribution is 2.26. The van der Waals surface area contributed by atoms with Crippen molar-refractivity contribution in [3.8, 4) is 17.0 Å². The van der Waals surface area contributed by atoms with Crippen LogP contribution in [0, 0.1) is 20.8 Å². The van der Waals surface area contributed by atoms with Crippen LogP contribution in [0.15, 0.2) is 41.8 Å². The molecule has 3 aromatic rings. The summed E-state index contributed by atoms with van der Waals surface area (Å²) >= 11 is 1.63. The van der Waals surface area contributed by atoms with Gasteiger partial charge in [0.2, 0.25) is 0 Å². The van der Waals surface area contributed by atoms with Crippen LogP contribution in [-0.4, -0.2) is 10.1 Å². The van der Waals surface area contributed by atoms with Crippen molar-refractivity contribution in [3.63, 3.8) is 0 Å². The minimum Gasteiger partial charge on any atom is -0.507 e. The normalized spacial score (nSPS) is 11.3. The summed E-state index contributed by atoms with van der Waals surface area (Å²) in [6.07, 6.45) is 4.06. The molecule has 0 saturated heterocycles. The standard InChI is InChI=1S/C20H19NOS/c1-13-4-7-17(8-5-13)18-12-23-19(21-18)9-6-16-10-14(2)20(22)15(3)11-16/h4-12,22H,1-3H3. The van der Waals surface area contributed by atoms with Crippen molar-refractivity contribution in [2.45, 2.75) is 20.8 Å². The first-order valence-corrected chi connectivity index (χ1v) is 8.42. The van der Waals surface area contributed by atoms with Gasteiger partial charge in [-0.25, -0.2) is 4.98 Å². The highest BCUT2D eigenvalue weighted by Gasteiger charge is 2.04. The zero-order chi connectivity index (χ0) is 16.4. The number of rotatable bonds is 3. The molecule has 0 unspecified atom stereocenters. The van der Waals surface area contributed by atoms with E-state index >= 15 is 0 Å². The minimum atomic E-state index is 0.373. The van der Waals surface area contributed by atoms with Crippen LogP contribution in [-0.2, 0) is 0 Å². The molecule has 0 spiro atoms. The predicted molar refractivity (Wildman–Crippen MR) is 98.8 cm³/mol. The molecule has 0 aliphatic carbocycles. The van der Waals surface area contributed by atoms with Crippen LogP contribution in [0.1, 0.15) is 27.3 Å². The summed E-state index contributed by atoms with van der Waals surface area (Å²) in [5, 5.41) is 12.9. The lowest BCUT2D eigenvalue weighted by Crippen LogP contribution is -1.83. The molecule has 0 bridgehead atoms. The second-order valence-corrected chi connectivity index (χ2v) is 6.66. The van der Waals surface area contributed by atoms with Crippen LogP contribution in [0.5, 0.6) is 5.75 Å². The predicted octanol–water partition coefficient (Wildman–Crippen LogP) is 5.61. The molecule has 23 heavy (non-hydrogen) atoms. The lowest BCUT2D eigenvalue weighted by atomic mass is 10.1. The van der Waals surface area contributed by atoms with Crippen LogP contribution in [0.3, 0.4) is 0 Å². The highest BCUT2D eigenvalue weighted by molar-refractivity contribution is 7.10. The lowest BCUT2D eigenvalue weighted by Gasteiger charge is -2.04. The molecule has 2 nitrogen and oxygen atoms in total. The smallest absolute Gasteiger partial charge is 0.121 e. The molecule has 0 aliphatic heterocycles. The van der Waals surface area contributed by atoms with Crippen molar-refractivity contribution in [3.05, 3.63) is 69.0 Å². The fourth-order valence-corrected chi connectivity index (χ4v) is 3.19. The lowest BCUT2D eigenvalue weighted by molar-refractivity contribution is 0.467. The van der Waals surface area contributed by atoms with Crippen LogP contribution in [0.25, 0.3) is 23.4 Å². The summed E-state index contributed by atoms with van der Waals surface area (Å²) in [4.78, 5) is 4.67. The van der Waals surface area contributed by atoms with E-state index in [1.54, 1.807) is 11.3 Å². The van der Waals surface area contributed by atoms with Crippen molar-refractivity contribution in [2.24, 2.45) is 0 Å². The third kappa shape index (κ3) is 3.51. The van der Waals surface area contributed by atoms with Gasteiger partial charge in [-0.1, -0.05) is 35.9 Å². The van der Waals surface area contributed by atoms with E-state index in [0.717, 1.165) is 33.0 Å². The maximum absolute atomic E-state index is 9.83. The molecule has 0 saturated carbocycles. The van der Waals surface area contributed by atoms with Gasteiger partial charge in [0, 0.05) is 10.9 Å². The van der Waals surface area contributed by atoms with E-state index in [2.05, 4.69) is 41.6 Å². The number of aromatic nitrogens is 1. The Hall–Kier alpha value is -2.39. The van der Waals surface area contributed by atoms with Crippen molar-refractivity contribution >= 4 is 23.5 Å². The number of benzene rings is 2. The average molecular weight is 321 g/mol. The van der Waals surface area contributed by atoms with Gasteiger partial charge >= 0.3 is 0 Å². The van der Waals surface area contributed by atoms with E-state index in [-0.39, 0.29) is 0 Å². The van der Waals surface area contributed by atoms with Crippen LogP contribution < -0.4 is 0 Å². The highest BCUT2D eigenvalue weighted by atomic mass is 32.1. The Morgan fingerprint density at radius 2 is 1.61 bits per heavy atom. The Morgan fingerprint density at radius 3 is 2.26 bits per heavy atom. The van der Waals surface area contributed by atoms with Crippen molar-refractivity contribution < 1.29 is 5.11 Å². The number of aryl methyl sites for hydroxylation is 3. The molecule has 0 radical (unpaired) electrons. The van der Waals surface area contributed by atoms with E-state index in [4.69, 9.17) is 0 Å². The number of hydrogen-bond acceptors (Lipinski definition) is 3. The quantitative estimate of drug-likeness (QED) is 0.680. The van der Waals surface area contributed by atoms with Gasteiger partial charge in [-0.3, -0.25) is 0 Å². The van der Waals surface area contributed by atoms with Gasteiger partial charge in [-0.2, -0.15) is 0 Å². The Morgan fingerprint density at radius 1 is 0.957 bits per heavy atom. The van der Waals surface area contributed by atoms with E-state index in [1.807, 2.05) is 38.1 Å². The Kier molecular flexibility index (Phi) is 4.30. The molecule has 1 aromatic heterocycles. The summed E-state index contributed by atoms with van der Waals surface area (Å²) < 4.78 is 0. The van der Waals surface area contributed by atoms with Gasteiger partial charge in [-0.15, -0.1) is 11.3 Å². The third-order valence-electron chi connectivity index (χ3n) is 3.80. The fourth-order valence-electron chi connectivity index (χ4n) is 2.47. The van der Waals surface area contributed by atoms with Gasteiger partial charge in [0.15, 0.2) is 0 Å². The molecule has 0 amide bonds. The van der Waals surface area contributed by atoms with E-state index in [1.165, 1.54) is 5.56 Å². The molecule has 116 valence electrons. The fraction of sp³-hybridized carbons (Fsp3) is 0.150. The van der Waals surface area contributed by atoms with Gasteiger partial charge < -0.3 is 5.11 Å². The summed E-state index contributed by atoms with van der Waals surface area (Å²) in [5.41, 5.74) is 6.26. The van der Waals surface area contributed by atoms with E-state index in [0.29, 0.717) is 5.75 Å². The topological polar surface area (TPSA) is 33.1 Å². The molecule has 3 heteroatoms. The number of thiazole rings is 1. The summed E-state index contributed by atoms with van der Waals surface area (Å²) in [6.45, 7) is 5.91. The monoisotopic (exact) mass is 321 g/mol. The first kappa shape index (κ1) is 15.5. The second-order valence-electron chi connectivity index (χ2n) is 5.77. The first-order chi connectivity index (χ1) is 11.0. The summed E-state index contributed by atoms with van der Waals surface area (Å²) in [5.74, 6) is 0.373. The zero-order valence-electron chi connectivity index (χ0n) is 13.5. The molecule has 0 atom stereocenters. The van der Waals surface area contributed by atoms with Gasteiger partial charge in [0.1, 0.15) is 10.8 Å². The van der Waals surface area contributed by atoms with Crippen molar-refractivity contribution in [1.29, 1.82) is 0 Å².